The Hall–Kier alpha value is -1.05. The lowest BCUT2D eigenvalue weighted by Crippen LogP contribution is -2.23. The lowest BCUT2D eigenvalue weighted by Gasteiger charge is -2.20. The summed E-state index contributed by atoms with van der Waals surface area (Å²) in [6.45, 7) is 5.45. The van der Waals surface area contributed by atoms with Gasteiger partial charge in [-0.15, -0.1) is 0 Å². The van der Waals surface area contributed by atoms with Crippen molar-refractivity contribution in [3.63, 3.8) is 0 Å². The Morgan fingerprint density at radius 2 is 2.15 bits per heavy atom. The summed E-state index contributed by atoms with van der Waals surface area (Å²) in [7, 11) is 0. The van der Waals surface area contributed by atoms with Crippen molar-refractivity contribution in [3.8, 4) is 6.07 Å². The standard InChI is InChI=1S/C15H17BrClNO2/c1-15(2,3)20-14(19)7-4-10(9-18)12-6-5-11(16)8-13(12)17/h5-6,8,10H,4,7H2,1-3H3. The molecule has 0 heterocycles. The van der Waals surface area contributed by atoms with Gasteiger partial charge in [0.15, 0.2) is 0 Å². The average molecular weight is 359 g/mol. The van der Waals surface area contributed by atoms with Crippen LogP contribution >= 0.6 is 27.5 Å². The van der Waals surface area contributed by atoms with Gasteiger partial charge in [-0.2, -0.15) is 5.26 Å². The zero-order valence-corrected chi connectivity index (χ0v) is 14.1. The van der Waals surface area contributed by atoms with Crippen molar-refractivity contribution in [2.45, 2.75) is 45.1 Å². The second-order valence-electron chi connectivity index (χ2n) is 5.47. The first kappa shape index (κ1) is 17.0. The van der Waals surface area contributed by atoms with E-state index in [1.807, 2.05) is 26.8 Å². The van der Waals surface area contributed by atoms with Gasteiger partial charge in [-0.05, 0) is 44.9 Å². The molecular formula is C15H17BrClNO2. The third-order valence-electron chi connectivity index (χ3n) is 2.55. The van der Waals surface area contributed by atoms with Crippen LogP contribution in [0, 0.1) is 11.3 Å². The van der Waals surface area contributed by atoms with E-state index < -0.39 is 11.5 Å². The summed E-state index contributed by atoms with van der Waals surface area (Å²) in [4.78, 5) is 11.7. The SMILES string of the molecule is CC(C)(C)OC(=O)CCC(C#N)c1ccc(Br)cc1Cl. The van der Waals surface area contributed by atoms with Gasteiger partial charge < -0.3 is 4.74 Å². The van der Waals surface area contributed by atoms with Gasteiger partial charge in [-0.3, -0.25) is 4.79 Å². The van der Waals surface area contributed by atoms with Crippen LogP contribution in [0.5, 0.6) is 0 Å². The summed E-state index contributed by atoms with van der Waals surface area (Å²) in [6, 6.07) is 7.57. The second-order valence-corrected chi connectivity index (χ2v) is 6.80. The Morgan fingerprint density at radius 3 is 2.65 bits per heavy atom. The number of halogens is 2. The van der Waals surface area contributed by atoms with E-state index in [1.165, 1.54) is 0 Å². The molecule has 0 saturated heterocycles. The highest BCUT2D eigenvalue weighted by atomic mass is 79.9. The fourth-order valence-corrected chi connectivity index (χ4v) is 2.53. The van der Waals surface area contributed by atoms with Crippen molar-refractivity contribution in [1.82, 2.24) is 0 Å². The Morgan fingerprint density at radius 1 is 1.50 bits per heavy atom. The molecule has 1 aromatic carbocycles. The molecule has 5 heteroatoms. The van der Waals surface area contributed by atoms with Crippen molar-refractivity contribution in [3.05, 3.63) is 33.3 Å². The molecule has 0 N–H and O–H groups in total. The minimum Gasteiger partial charge on any atom is -0.460 e. The van der Waals surface area contributed by atoms with Gasteiger partial charge in [-0.25, -0.2) is 0 Å². The number of hydrogen-bond donors (Lipinski definition) is 0. The molecule has 1 unspecified atom stereocenters. The van der Waals surface area contributed by atoms with Crippen LogP contribution in [0.15, 0.2) is 22.7 Å². The maximum absolute atomic E-state index is 11.7. The van der Waals surface area contributed by atoms with E-state index in [9.17, 15) is 10.1 Å². The van der Waals surface area contributed by atoms with E-state index in [0.29, 0.717) is 11.4 Å². The number of rotatable bonds is 4. The maximum Gasteiger partial charge on any atom is 0.306 e. The number of ether oxygens (including phenoxy) is 1. The third-order valence-corrected chi connectivity index (χ3v) is 3.37. The van der Waals surface area contributed by atoms with E-state index in [-0.39, 0.29) is 12.4 Å². The van der Waals surface area contributed by atoms with Crippen LogP contribution in [0.4, 0.5) is 0 Å². The molecule has 1 atom stereocenters. The summed E-state index contributed by atoms with van der Waals surface area (Å²) >= 11 is 9.45. The second kappa shape index (κ2) is 7.10. The molecule has 1 rings (SSSR count). The number of esters is 1. The Bertz CT molecular complexity index is 532. The fourth-order valence-electron chi connectivity index (χ4n) is 1.73. The van der Waals surface area contributed by atoms with Crippen LogP contribution < -0.4 is 0 Å². The molecule has 0 bridgehead atoms. The van der Waals surface area contributed by atoms with Gasteiger partial charge in [0.1, 0.15) is 5.60 Å². The first-order chi connectivity index (χ1) is 9.23. The van der Waals surface area contributed by atoms with Crippen molar-refractivity contribution < 1.29 is 9.53 Å². The molecule has 0 radical (unpaired) electrons. The molecule has 0 saturated carbocycles. The number of benzene rings is 1. The van der Waals surface area contributed by atoms with E-state index in [2.05, 4.69) is 22.0 Å². The number of hydrogen-bond acceptors (Lipinski definition) is 3. The Kier molecular flexibility index (Phi) is 6.04. The summed E-state index contributed by atoms with van der Waals surface area (Å²) in [5, 5.41) is 9.77. The highest BCUT2D eigenvalue weighted by molar-refractivity contribution is 9.10. The molecule has 20 heavy (non-hydrogen) atoms. The highest BCUT2D eigenvalue weighted by Crippen LogP contribution is 2.30. The summed E-state index contributed by atoms with van der Waals surface area (Å²) < 4.78 is 6.09. The number of carbonyl (C=O) groups is 1. The van der Waals surface area contributed by atoms with Crippen molar-refractivity contribution in [2.24, 2.45) is 0 Å². The quantitative estimate of drug-likeness (QED) is 0.724. The Balaban J connectivity index is 2.69. The molecule has 1 aromatic rings. The maximum atomic E-state index is 11.7. The molecule has 0 aliphatic heterocycles. The largest absolute Gasteiger partial charge is 0.460 e. The zero-order chi connectivity index (χ0) is 15.3. The molecule has 0 amide bonds. The van der Waals surface area contributed by atoms with Crippen LogP contribution in [0.1, 0.15) is 45.1 Å². The van der Waals surface area contributed by atoms with Crippen LogP contribution in [-0.4, -0.2) is 11.6 Å². The smallest absolute Gasteiger partial charge is 0.306 e. The van der Waals surface area contributed by atoms with Crippen molar-refractivity contribution >= 4 is 33.5 Å². The summed E-state index contributed by atoms with van der Waals surface area (Å²) in [6.07, 6.45) is 0.592. The van der Waals surface area contributed by atoms with Gasteiger partial charge in [0.2, 0.25) is 0 Å². The normalized spacial score (nSPS) is 12.6. The third kappa shape index (κ3) is 5.52. The summed E-state index contributed by atoms with van der Waals surface area (Å²) in [5.74, 6) is -0.714. The summed E-state index contributed by atoms with van der Waals surface area (Å²) in [5.41, 5.74) is 0.231. The molecule has 0 fully saturated rings. The van der Waals surface area contributed by atoms with E-state index in [4.69, 9.17) is 16.3 Å². The minimum atomic E-state index is -0.505. The fraction of sp³-hybridized carbons (Fsp3) is 0.467. The van der Waals surface area contributed by atoms with Gasteiger partial charge in [0, 0.05) is 15.9 Å². The van der Waals surface area contributed by atoms with E-state index in [0.717, 1.165) is 10.0 Å². The van der Waals surface area contributed by atoms with Gasteiger partial charge in [-0.1, -0.05) is 33.6 Å². The van der Waals surface area contributed by atoms with Crippen molar-refractivity contribution in [1.29, 1.82) is 5.26 Å². The molecule has 0 aliphatic carbocycles. The zero-order valence-electron chi connectivity index (χ0n) is 11.7. The first-order valence-electron chi connectivity index (χ1n) is 6.29. The minimum absolute atomic E-state index is 0.196. The van der Waals surface area contributed by atoms with Crippen LogP contribution in [0.25, 0.3) is 0 Å². The van der Waals surface area contributed by atoms with E-state index >= 15 is 0 Å². The van der Waals surface area contributed by atoms with Gasteiger partial charge in [0.25, 0.3) is 0 Å². The number of nitrogens with zero attached hydrogens (tertiary/aromatic N) is 1. The predicted octanol–water partition coefficient (Wildman–Crippen LogP) is 4.83. The van der Waals surface area contributed by atoms with Crippen LogP contribution in [-0.2, 0) is 9.53 Å². The lowest BCUT2D eigenvalue weighted by molar-refractivity contribution is -0.154. The van der Waals surface area contributed by atoms with E-state index in [1.54, 1.807) is 12.1 Å². The molecule has 3 nitrogen and oxygen atoms in total. The van der Waals surface area contributed by atoms with Gasteiger partial charge in [0.05, 0.1) is 12.0 Å². The average Bonchev–Trinajstić information content (AvgIpc) is 2.29. The molecule has 0 aromatic heterocycles. The van der Waals surface area contributed by atoms with Crippen molar-refractivity contribution in [2.75, 3.05) is 0 Å². The molecule has 0 aliphatic rings. The highest BCUT2D eigenvalue weighted by Gasteiger charge is 2.20. The van der Waals surface area contributed by atoms with Gasteiger partial charge >= 0.3 is 5.97 Å². The first-order valence-corrected chi connectivity index (χ1v) is 7.46. The number of carbonyl (C=O) groups excluding carboxylic acids is 1. The molecule has 108 valence electrons. The topological polar surface area (TPSA) is 50.1 Å². The predicted molar refractivity (Wildman–Crippen MR) is 82.6 cm³/mol. The monoisotopic (exact) mass is 357 g/mol. The lowest BCUT2D eigenvalue weighted by atomic mass is 9.95. The number of nitriles is 1. The van der Waals surface area contributed by atoms with Crippen LogP contribution in [0.2, 0.25) is 5.02 Å². The molecular weight excluding hydrogens is 342 g/mol. The van der Waals surface area contributed by atoms with Crippen LogP contribution in [0.3, 0.4) is 0 Å². The Labute approximate surface area is 133 Å². The molecule has 0 spiro atoms.